The summed E-state index contributed by atoms with van der Waals surface area (Å²) in [6, 6.07) is -0.461. The highest BCUT2D eigenvalue weighted by Gasteiger charge is 2.36. The molecule has 1 aromatic heterocycles. The number of nitrogens with two attached hydrogens (primary N) is 1. The van der Waals surface area contributed by atoms with Crippen molar-refractivity contribution < 1.29 is 23.1 Å². The van der Waals surface area contributed by atoms with Crippen LogP contribution >= 0.6 is 0 Å². The van der Waals surface area contributed by atoms with Gasteiger partial charge in [0.25, 0.3) is 5.82 Å². The minimum Gasteiger partial charge on any atom is -0.392 e. The van der Waals surface area contributed by atoms with Gasteiger partial charge in [-0.2, -0.15) is 13.2 Å². The van der Waals surface area contributed by atoms with Gasteiger partial charge in [-0.05, 0) is 19.3 Å². The first-order valence-corrected chi connectivity index (χ1v) is 6.47. The van der Waals surface area contributed by atoms with Crippen LogP contribution in [0, 0.1) is 5.92 Å². The number of carbonyl (C=O) groups is 1. The summed E-state index contributed by atoms with van der Waals surface area (Å²) in [6.07, 6.45) is -3.97. The SMILES string of the molecule is N[C@@H]1C[C@@H](C(=O)NCc2nc(C(F)(F)F)n[nH]2)CC[C@H]1O. The van der Waals surface area contributed by atoms with Crippen molar-refractivity contribution in [1.82, 2.24) is 20.5 Å². The van der Waals surface area contributed by atoms with Gasteiger partial charge in [0.1, 0.15) is 5.82 Å². The monoisotopic (exact) mass is 307 g/mol. The highest BCUT2D eigenvalue weighted by Crippen LogP contribution is 2.26. The summed E-state index contributed by atoms with van der Waals surface area (Å²) in [4.78, 5) is 15.1. The van der Waals surface area contributed by atoms with Crippen LogP contribution in [0.5, 0.6) is 0 Å². The number of nitrogens with one attached hydrogen (secondary N) is 2. The number of amides is 1. The van der Waals surface area contributed by atoms with Crippen LogP contribution in [0.2, 0.25) is 0 Å². The number of aromatic amines is 1. The number of hydrogen-bond donors (Lipinski definition) is 4. The molecule has 5 N–H and O–H groups in total. The summed E-state index contributed by atoms with van der Waals surface area (Å²) in [5.41, 5.74) is 5.68. The number of rotatable bonds is 3. The van der Waals surface area contributed by atoms with Gasteiger partial charge in [0, 0.05) is 12.0 Å². The summed E-state index contributed by atoms with van der Waals surface area (Å²) >= 11 is 0. The average molecular weight is 307 g/mol. The average Bonchev–Trinajstić information content (AvgIpc) is 2.88. The topological polar surface area (TPSA) is 117 Å². The van der Waals surface area contributed by atoms with E-state index in [4.69, 9.17) is 5.73 Å². The number of H-pyrrole nitrogens is 1. The molecular weight excluding hydrogens is 291 g/mol. The number of aliphatic hydroxyl groups is 1. The third kappa shape index (κ3) is 3.91. The fourth-order valence-corrected chi connectivity index (χ4v) is 2.24. The Balaban J connectivity index is 1.85. The van der Waals surface area contributed by atoms with Gasteiger partial charge in [0.2, 0.25) is 5.91 Å². The molecule has 7 nitrogen and oxygen atoms in total. The first kappa shape index (κ1) is 15.7. The zero-order valence-electron chi connectivity index (χ0n) is 11.0. The Morgan fingerprint density at radius 1 is 1.48 bits per heavy atom. The maximum atomic E-state index is 12.3. The predicted octanol–water partition coefficient (Wildman–Crippen LogP) is -0.0720. The standard InChI is InChI=1S/C11H16F3N5O2/c12-11(13,14)10-17-8(18-19-10)4-16-9(21)5-1-2-7(20)6(15)3-5/h5-7,20H,1-4,15H2,(H,16,21)(H,17,18,19)/t5-,6+,7+/m0/s1. The van der Waals surface area contributed by atoms with Crippen molar-refractivity contribution in [3.63, 3.8) is 0 Å². The van der Waals surface area contributed by atoms with Crippen LogP contribution in [-0.4, -0.2) is 38.3 Å². The minimum atomic E-state index is -4.62. The maximum absolute atomic E-state index is 12.3. The van der Waals surface area contributed by atoms with Gasteiger partial charge >= 0.3 is 6.18 Å². The molecule has 0 radical (unpaired) electrons. The molecule has 1 fully saturated rings. The van der Waals surface area contributed by atoms with Crippen LogP contribution < -0.4 is 11.1 Å². The lowest BCUT2D eigenvalue weighted by molar-refractivity contribution is -0.144. The number of carbonyl (C=O) groups excluding carboxylic acids is 1. The first-order chi connectivity index (χ1) is 9.77. The van der Waals surface area contributed by atoms with Crippen LogP contribution in [0.3, 0.4) is 0 Å². The summed E-state index contributed by atoms with van der Waals surface area (Å²) in [6.45, 7) is -0.170. The van der Waals surface area contributed by atoms with Gasteiger partial charge in [0.05, 0.1) is 12.6 Å². The van der Waals surface area contributed by atoms with Crippen molar-refractivity contribution in [3.8, 4) is 0 Å². The lowest BCUT2D eigenvalue weighted by atomic mass is 9.84. The molecule has 3 atom stereocenters. The predicted molar refractivity (Wildman–Crippen MR) is 64.6 cm³/mol. The minimum absolute atomic E-state index is 0.0733. The molecule has 0 spiro atoms. The van der Waals surface area contributed by atoms with E-state index in [9.17, 15) is 23.1 Å². The van der Waals surface area contributed by atoms with Gasteiger partial charge < -0.3 is 16.2 Å². The van der Waals surface area contributed by atoms with Crippen LogP contribution in [0.1, 0.15) is 30.9 Å². The van der Waals surface area contributed by atoms with Crippen LogP contribution in [0.4, 0.5) is 13.2 Å². The van der Waals surface area contributed by atoms with E-state index in [-0.39, 0.29) is 24.2 Å². The number of alkyl halides is 3. The fourth-order valence-electron chi connectivity index (χ4n) is 2.24. The highest BCUT2D eigenvalue weighted by atomic mass is 19.4. The maximum Gasteiger partial charge on any atom is 0.453 e. The first-order valence-electron chi connectivity index (χ1n) is 6.47. The Morgan fingerprint density at radius 2 is 2.19 bits per heavy atom. The highest BCUT2D eigenvalue weighted by molar-refractivity contribution is 5.78. The molecule has 21 heavy (non-hydrogen) atoms. The molecule has 1 aliphatic carbocycles. The smallest absolute Gasteiger partial charge is 0.392 e. The van der Waals surface area contributed by atoms with E-state index < -0.39 is 24.1 Å². The number of aliphatic hydroxyl groups excluding tert-OH is 1. The molecule has 0 aromatic carbocycles. The van der Waals surface area contributed by atoms with E-state index in [2.05, 4.69) is 20.5 Å². The molecule has 118 valence electrons. The molecule has 2 rings (SSSR count). The number of aromatic nitrogens is 3. The normalized spacial score (nSPS) is 26.6. The quantitative estimate of drug-likeness (QED) is 0.623. The molecule has 10 heteroatoms. The summed E-state index contributed by atoms with van der Waals surface area (Å²) in [5.74, 6) is -2.01. The number of nitrogens with zero attached hydrogens (tertiary/aromatic N) is 2. The van der Waals surface area contributed by atoms with Gasteiger partial charge in [-0.3, -0.25) is 9.89 Å². The lowest BCUT2D eigenvalue weighted by Gasteiger charge is -2.29. The molecule has 1 aromatic rings. The molecule has 0 bridgehead atoms. The van der Waals surface area contributed by atoms with E-state index >= 15 is 0 Å². The molecule has 1 saturated carbocycles. The summed E-state index contributed by atoms with van der Waals surface area (Å²) < 4.78 is 36.9. The van der Waals surface area contributed by atoms with Gasteiger partial charge in [0.15, 0.2) is 0 Å². The van der Waals surface area contributed by atoms with E-state index in [1.807, 2.05) is 0 Å². The number of hydrogen-bond acceptors (Lipinski definition) is 5. The molecule has 1 amide bonds. The van der Waals surface area contributed by atoms with Crippen LogP contribution in [0.15, 0.2) is 0 Å². The molecule has 1 heterocycles. The van der Waals surface area contributed by atoms with Crippen molar-refractivity contribution in [1.29, 1.82) is 0 Å². The van der Waals surface area contributed by atoms with Crippen molar-refractivity contribution in [2.45, 2.75) is 44.1 Å². The van der Waals surface area contributed by atoms with Crippen LogP contribution in [0.25, 0.3) is 0 Å². The molecule has 0 aliphatic heterocycles. The van der Waals surface area contributed by atoms with Crippen LogP contribution in [-0.2, 0) is 17.5 Å². The summed E-state index contributed by atoms with van der Waals surface area (Å²) in [5, 5.41) is 17.1. The van der Waals surface area contributed by atoms with Gasteiger partial charge in [-0.25, -0.2) is 4.98 Å². The number of halogens is 3. The molecule has 1 aliphatic rings. The molecule has 0 unspecified atom stereocenters. The van der Waals surface area contributed by atoms with Crippen molar-refractivity contribution in [2.75, 3.05) is 0 Å². The Hall–Kier alpha value is -1.68. The van der Waals surface area contributed by atoms with E-state index in [0.717, 1.165) is 0 Å². The molecule has 0 saturated heterocycles. The van der Waals surface area contributed by atoms with E-state index in [1.54, 1.807) is 0 Å². The second-order valence-electron chi connectivity index (χ2n) is 5.06. The lowest BCUT2D eigenvalue weighted by Crippen LogP contribution is -2.44. The van der Waals surface area contributed by atoms with Crippen molar-refractivity contribution in [2.24, 2.45) is 11.7 Å². The fraction of sp³-hybridized carbons (Fsp3) is 0.727. The zero-order chi connectivity index (χ0) is 15.6. The van der Waals surface area contributed by atoms with Gasteiger partial charge in [-0.15, -0.1) is 5.10 Å². The van der Waals surface area contributed by atoms with Crippen molar-refractivity contribution >= 4 is 5.91 Å². The van der Waals surface area contributed by atoms with Crippen molar-refractivity contribution in [3.05, 3.63) is 11.6 Å². The second-order valence-corrected chi connectivity index (χ2v) is 5.06. The third-order valence-corrected chi connectivity index (χ3v) is 3.45. The van der Waals surface area contributed by atoms with E-state index in [1.165, 1.54) is 0 Å². The second kappa shape index (κ2) is 5.98. The Bertz CT molecular complexity index is 504. The Morgan fingerprint density at radius 3 is 2.76 bits per heavy atom. The summed E-state index contributed by atoms with van der Waals surface area (Å²) in [7, 11) is 0. The molecular formula is C11H16F3N5O2. The van der Waals surface area contributed by atoms with E-state index in [0.29, 0.717) is 19.3 Å². The van der Waals surface area contributed by atoms with Gasteiger partial charge in [-0.1, -0.05) is 0 Å². The largest absolute Gasteiger partial charge is 0.453 e. The Kier molecular flexibility index (Phi) is 4.47. The zero-order valence-corrected chi connectivity index (χ0v) is 11.0. The Labute approximate surface area is 118 Å². The third-order valence-electron chi connectivity index (χ3n) is 3.45.